The number of rotatable bonds is 13. The molecule has 1 aromatic heterocycles. The molecule has 3 aromatic rings. The van der Waals surface area contributed by atoms with E-state index in [0.717, 1.165) is 30.4 Å². The van der Waals surface area contributed by atoms with Crippen LogP contribution in [-0.4, -0.2) is 18.3 Å². The summed E-state index contributed by atoms with van der Waals surface area (Å²) < 4.78 is 29.1. The Bertz CT molecular complexity index is 1240. The summed E-state index contributed by atoms with van der Waals surface area (Å²) in [6, 6.07) is 11.2. The fraction of sp³-hybridized carbons (Fsp3) is 0.423. The van der Waals surface area contributed by atoms with Crippen molar-refractivity contribution < 1.29 is 13.3 Å². The Labute approximate surface area is 201 Å². The summed E-state index contributed by atoms with van der Waals surface area (Å²) in [5, 5.41) is 11.6. The van der Waals surface area contributed by atoms with Crippen molar-refractivity contribution in [1.82, 2.24) is 4.98 Å². The van der Waals surface area contributed by atoms with Crippen molar-refractivity contribution in [3.05, 3.63) is 69.9 Å². The molecule has 0 aliphatic carbocycles. The summed E-state index contributed by atoms with van der Waals surface area (Å²) >= 11 is 0. The first-order chi connectivity index (χ1) is 16.3. The maximum Gasteiger partial charge on any atom is 0.278 e. The van der Waals surface area contributed by atoms with Crippen molar-refractivity contribution in [3.63, 3.8) is 0 Å². The standard InChI is InChI=1S/C26H33N3O4S/c1-3-4-5-6-7-8-9-10-13-21-14-11-16-25(20(21)2)34(32,33)28-23-17-18-24(29(30)31)22-15-12-19-27-26(22)23/h11-12,14-19,28H,3-10,13H2,1-2H3. The fourth-order valence-electron chi connectivity index (χ4n) is 4.27. The molecule has 8 heteroatoms. The molecule has 0 amide bonds. The predicted molar refractivity (Wildman–Crippen MR) is 137 cm³/mol. The smallest absolute Gasteiger partial charge is 0.277 e. The number of sulfonamides is 1. The molecule has 0 radical (unpaired) electrons. The van der Waals surface area contributed by atoms with Crippen molar-refractivity contribution in [2.75, 3.05) is 4.72 Å². The van der Waals surface area contributed by atoms with Gasteiger partial charge < -0.3 is 0 Å². The molecule has 1 heterocycles. The highest BCUT2D eigenvalue weighted by Gasteiger charge is 2.22. The zero-order valence-corrected chi connectivity index (χ0v) is 20.7. The van der Waals surface area contributed by atoms with E-state index < -0.39 is 14.9 Å². The maximum atomic E-state index is 13.3. The number of nitrogens with zero attached hydrogens (tertiary/aromatic N) is 2. The monoisotopic (exact) mass is 483 g/mol. The third-order valence-electron chi connectivity index (χ3n) is 6.17. The first-order valence-electron chi connectivity index (χ1n) is 12.0. The minimum Gasteiger partial charge on any atom is -0.277 e. The summed E-state index contributed by atoms with van der Waals surface area (Å²) in [6.45, 7) is 4.05. The van der Waals surface area contributed by atoms with E-state index in [2.05, 4.69) is 16.6 Å². The number of aryl methyl sites for hydroxylation is 1. The van der Waals surface area contributed by atoms with Gasteiger partial charge in [0.15, 0.2) is 0 Å². The van der Waals surface area contributed by atoms with E-state index in [4.69, 9.17) is 0 Å². The number of nitro groups is 1. The Morgan fingerprint density at radius 2 is 1.65 bits per heavy atom. The van der Waals surface area contributed by atoms with Gasteiger partial charge in [0, 0.05) is 12.3 Å². The van der Waals surface area contributed by atoms with E-state index in [1.807, 2.05) is 13.0 Å². The number of nitrogens with one attached hydrogen (secondary N) is 1. The van der Waals surface area contributed by atoms with Crippen LogP contribution in [0.4, 0.5) is 11.4 Å². The van der Waals surface area contributed by atoms with E-state index in [1.54, 1.807) is 24.3 Å². The van der Waals surface area contributed by atoms with Crippen LogP contribution < -0.4 is 4.72 Å². The molecule has 2 aromatic carbocycles. The van der Waals surface area contributed by atoms with Gasteiger partial charge in [0.2, 0.25) is 0 Å². The Morgan fingerprint density at radius 1 is 0.941 bits per heavy atom. The van der Waals surface area contributed by atoms with E-state index in [-0.39, 0.29) is 27.2 Å². The second-order valence-corrected chi connectivity index (χ2v) is 10.3. The van der Waals surface area contributed by atoms with Crippen molar-refractivity contribution >= 4 is 32.3 Å². The molecule has 0 fully saturated rings. The highest BCUT2D eigenvalue weighted by molar-refractivity contribution is 7.92. The van der Waals surface area contributed by atoms with E-state index in [1.165, 1.54) is 56.9 Å². The number of aromatic nitrogens is 1. The van der Waals surface area contributed by atoms with Crippen LogP contribution in [0.1, 0.15) is 69.4 Å². The van der Waals surface area contributed by atoms with Gasteiger partial charge in [0.1, 0.15) is 5.52 Å². The normalized spacial score (nSPS) is 11.6. The van der Waals surface area contributed by atoms with Crippen LogP contribution in [0.25, 0.3) is 10.9 Å². The van der Waals surface area contributed by atoms with Gasteiger partial charge in [-0.2, -0.15) is 0 Å². The molecule has 0 unspecified atom stereocenters. The lowest BCUT2D eigenvalue weighted by Crippen LogP contribution is -2.15. The van der Waals surface area contributed by atoms with Gasteiger partial charge in [0.25, 0.3) is 15.7 Å². The summed E-state index contributed by atoms with van der Waals surface area (Å²) in [7, 11) is -3.90. The molecule has 0 aliphatic rings. The molecule has 0 saturated heterocycles. The third-order valence-corrected chi connectivity index (χ3v) is 7.68. The minimum absolute atomic E-state index is 0.116. The number of hydrogen-bond acceptors (Lipinski definition) is 5. The molecular formula is C26H33N3O4S. The summed E-state index contributed by atoms with van der Waals surface area (Å²) in [5.74, 6) is 0. The molecule has 182 valence electrons. The van der Waals surface area contributed by atoms with Crippen LogP contribution in [0.3, 0.4) is 0 Å². The number of benzene rings is 2. The molecule has 3 rings (SSSR count). The van der Waals surface area contributed by atoms with Gasteiger partial charge >= 0.3 is 0 Å². The highest BCUT2D eigenvalue weighted by Crippen LogP contribution is 2.32. The van der Waals surface area contributed by atoms with Crippen molar-refractivity contribution in [2.45, 2.75) is 76.5 Å². The average Bonchev–Trinajstić information content (AvgIpc) is 2.81. The lowest BCUT2D eigenvalue weighted by molar-refractivity contribution is -0.383. The first kappa shape index (κ1) is 25.6. The lowest BCUT2D eigenvalue weighted by Gasteiger charge is -2.14. The number of non-ortho nitro benzene ring substituents is 1. The van der Waals surface area contributed by atoms with E-state index in [0.29, 0.717) is 0 Å². The zero-order chi connectivity index (χ0) is 24.6. The molecule has 0 saturated carbocycles. The van der Waals surface area contributed by atoms with E-state index >= 15 is 0 Å². The van der Waals surface area contributed by atoms with Crippen molar-refractivity contribution in [1.29, 1.82) is 0 Å². The van der Waals surface area contributed by atoms with Crippen LogP contribution in [0.2, 0.25) is 0 Å². The van der Waals surface area contributed by atoms with Crippen LogP contribution in [0.15, 0.2) is 53.6 Å². The summed E-state index contributed by atoms with van der Waals surface area (Å²) in [5.41, 5.74) is 2.11. The summed E-state index contributed by atoms with van der Waals surface area (Å²) in [4.78, 5) is 15.2. The highest BCUT2D eigenvalue weighted by atomic mass is 32.2. The molecule has 34 heavy (non-hydrogen) atoms. The van der Waals surface area contributed by atoms with Gasteiger partial charge in [-0.3, -0.25) is 19.8 Å². The largest absolute Gasteiger partial charge is 0.278 e. The first-order valence-corrected chi connectivity index (χ1v) is 13.5. The minimum atomic E-state index is -3.90. The number of unbranched alkanes of at least 4 members (excludes halogenated alkanes) is 7. The van der Waals surface area contributed by atoms with Crippen LogP contribution in [-0.2, 0) is 16.4 Å². The number of pyridine rings is 1. The Balaban J connectivity index is 1.73. The van der Waals surface area contributed by atoms with Crippen LogP contribution in [0, 0.1) is 17.0 Å². The third kappa shape index (κ3) is 6.32. The van der Waals surface area contributed by atoms with Crippen LogP contribution >= 0.6 is 0 Å². The fourth-order valence-corrected chi connectivity index (χ4v) is 5.63. The number of anilines is 1. The van der Waals surface area contributed by atoms with Gasteiger partial charge in [-0.05, 0) is 55.2 Å². The maximum absolute atomic E-state index is 13.3. The lowest BCUT2D eigenvalue weighted by atomic mass is 10.0. The van der Waals surface area contributed by atoms with Crippen molar-refractivity contribution in [3.8, 4) is 0 Å². The zero-order valence-electron chi connectivity index (χ0n) is 19.9. The Morgan fingerprint density at radius 3 is 2.35 bits per heavy atom. The van der Waals surface area contributed by atoms with Gasteiger partial charge in [-0.15, -0.1) is 0 Å². The number of nitro benzene ring substituents is 1. The average molecular weight is 484 g/mol. The molecule has 1 N–H and O–H groups in total. The molecule has 0 spiro atoms. The van der Waals surface area contributed by atoms with Crippen LogP contribution in [0.5, 0.6) is 0 Å². The second kappa shape index (κ2) is 11.9. The van der Waals surface area contributed by atoms with Gasteiger partial charge in [0.05, 0.1) is 20.9 Å². The predicted octanol–water partition coefficient (Wildman–Crippen LogP) is 6.94. The molecule has 7 nitrogen and oxygen atoms in total. The molecular weight excluding hydrogens is 450 g/mol. The molecule has 0 aliphatic heterocycles. The molecule has 0 bridgehead atoms. The number of fused-ring (bicyclic) bond motifs is 1. The quantitative estimate of drug-likeness (QED) is 0.161. The Kier molecular flexibility index (Phi) is 8.98. The van der Waals surface area contributed by atoms with Crippen molar-refractivity contribution in [2.24, 2.45) is 0 Å². The van der Waals surface area contributed by atoms with Gasteiger partial charge in [-0.25, -0.2) is 8.42 Å². The second-order valence-electron chi connectivity index (χ2n) is 8.66. The van der Waals surface area contributed by atoms with E-state index in [9.17, 15) is 18.5 Å². The topological polar surface area (TPSA) is 102 Å². The summed E-state index contributed by atoms with van der Waals surface area (Å²) in [6.07, 6.45) is 12.1. The molecule has 0 atom stereocenters. The Hall–Kier alpha value is -3.00. The SMILES string of the molecule is CCCCCCCCCCc1cccc(S(=O)(=O)Nc2ccc([N+](=O)[O-])c3cccnc23)c1C. The van der Waals surface area contributed by atoms with Gasteiger partial charge in [-0.1, -0.05) is 64.0 Å². The number of hydrogen-bond donors (Lipinski definition) is 1.